The van der Waals surface area contributed by atoms with E-state index in [4.69, 9.17) is 11.5 Å². The summed E-state index contributed by atoms with van der Waals surface area (Å²) in [5.74, 6) is -0.915. The van der Waals surface area contributed by atoms with Crippen LogP contribution in [0.3, 0.4) is 0 Å². The van der Waals surface area contributed by atoms with Crippen molar-refractivity contribution < 1.29 is 9.59 Å². The second-order valence-corrected chi connectivity index (χ2v) is 5.02. The fourth-order valence-corrected chi connectivity index (χ4v) is 2.69. The Kier molecular flexibility index (Phi) is 4.70. The summed E-state index contributed by atoms with van der Waals surface area (Å²) in [5, 5.41) is 3.34. The Bertz CT molecular complexity index is 488. The van der Waals surface area contributed by atoms with Crippen LogP contribution in [0.15, 0.2) is 24.3 Å². The van der Waals surface area contributed by atoms with Crippen molar-refractivity contribution in [3.05, 3.63) is 35.4 Å². The first-order valence-electron chi connectivity index (χ1n) is 6.67. The van der Waals surface area contributed by atoms with Gasteiger partial charge in [-0.15, -0.1) is 0 Å². The Morgan fingerprint density at radius 1 is 1.20 bits per heavy atom. The maximum Gasteiger partial charge on any atom is 0.231 e. The van der Waals surface area contributed by atoms with Gasteiger partial charge in [0.2, 0.25) is 11.8 Å². The van der Waals surface area contributed by atoms with Gasteiger partial charge in [0, 0.05) is 12.6 Å². The van der Waals surface area contributed by atoms with Crippen LogP contribution in [-0.2, 0) is 16.1 Å². The third-order valence-corrected chi connectivity index (χ3v) is 3.48. The molecule has 0 radical (unpaired) electrons. The SMILES string of the molecule is NC(=O)CN(CC(N)=O)C1CCNCc2ccccc21. The lowest BCUT2D eigenvalue weighted by molar-refractivity contribution is -0.123. The third-order valence-electron chi connectivity index (χ3n) is 3.48. The molecular formula is C14H20N4O2. The second kappa shape index (κ2) is 6.49. The van der Waals surface area contributed by atoms with E-state index in [0.717, 1.165) is 25.1 Å². The van der Waals surface area contributed by atoms with E-state index in [2.05, 4.69) is 5.32 Å². The number of hydrogen-bond donors (Lipinski definition) is 3. The summed E-state index contributed by atoms with van der Waals surface area (Å²) in [7, 11) is 0. The molecule has 1 heterocycles. The number of nitrogens with zero attached hydrogens (tertiary/aromatic N) is 1. The van der Waals surface area contributed by atoms with E-state index in [0.29, 0.717) is 0 Å². The highest BCUT2D eigenvalue weighted by Gasteiger charge is 2.26. The van der Waals surface area contributed by atoms with E-state index < -0.39 is 11.8 Å². The molecule has 6 heteroatoms. The molecule has 1 aliphatic rings. The highest BCUT2D eigenvalue weighted by molar-refractivity contribution is 5.79. The van der Waals surface area contributed by atoms with Gasteiger partial charge < -0.3 is 16.8 Å². The van der Waals surface area contributed by atoms with Crippen LogP contribution in [0.1, 0.15) is 23.6 Å². The number of amides is 2. The molecule has 6 nitrogen and oxygen atoms in total. The molecule has 0 aromatic heterocycles. The molecule has 108 valence electrons. The van der Waals surface area contributed by atoms with Crippen molar-refractivity contribution in [1.29, 1.82) is 0 Å². The van der Waals surface area contributed by atoms with E-state index >= 15 is 0 Å². The van der Waals surface area contributed by atoms with Crippen LogP contribution in [0.4, 0.5) is 0 Å². The second-order valence-electron chi connectivity index (χ2n) is 5.02. The summed E-state index contributed by atoms with van der Waals surface area (Å²) in [6, 6.07) is 8.00. The van der Waals surface area contributed by atoms with Gasteiger partial charge in [-0.25, -0.2) is 0 Å². The van der Waals surface area contributed by atoms with Crippen molar-refractivity contribution in [3.63, 3.8) is 0 Å². The first-order chi connectivity index (χ1) is 9.58. The first kappa shape index (κ1) is 14.5. The number of primary amides is 2. The van der Waals surface area contributed by atoms with Crippen molar-refractivity contribution in [2.45, 2.75) is 19.0 Å². The molecule has 1 unspecified atom stereocenters. The maximum atomic E-state index is 11.2. The zero-order chi connectivity index (χ0) is 14.5. The fourth-order valence-electron chi connectivity index (χ4n) is 2.69. The van der Waals surface area contributed by atoms with E-state index in [-0.39, 0.29) is 19.1 Å². The molecule has 20 heavy (non-hydrogen) atoms. The Labute approximate surface area is 118 Å². The first-order valence-corrected chi connectivity index (χ1v) is 6.67. The van der Waals surface area contributed by atoms with Crippen LogP contribution >= 0.6 is 0 Å². The average Bonchev–Trinajstić information content (AvgIpc) is 2.59. The minimum atomic E-state index is -0.457. The van der Waals surface area contributed by atoms with Crippen LogP contribution in [0, 0.1) is 0 Å². The number of nitrogens with two attached hydrogens (primary N) is 2. The third kappa shape index (κ3) is 3.55. The molecule has 2 amide bonds. The lowest BCUT2D eigenvalue weighted by Gasteiger charge is -2.30. The maximum absolute atomic E-state index is 11.2. The van der Waals surface area contributed by atoms with E-state index in [1.54, 1.807) is 4.90 Å². The number of hydrogen-bond acceptors (Lipinski definition) is 4. The zero-order valence-electron chi connectivity index (χ0n) is 11.3. The van der Waals surface area contributed by atoms with Crippen LogP contribution in [0.25, 0.3) is 0 Å². The Morgan fingerprint density at radius 3 is 2.50 bits per heavy atom. The summed E-state index contributed by atoms with van der Waals surface area (Å²) in [4.78, 5) is 24.2. The van der Waals surface area contributed by atoms with E-state index in [1.165, 1.54) is 5.56 Å². The van der Waals surface area contributed by atoms with Crippen molar-refractivity contribution in [3.8, 4) is 0 Å². The van der Waals surface area contributed by atoms with Crippen molar-refractivity contribution in [2.24, 2.45) is 11.5 Å². The van der Waals surface area contributed by atoms with Gasteiger partial charge >= 0.3 is 0 Å². The molecular weight excluding hydrogens is 256 g/mol. The molecule has 1 aliphatic heterocycles. The Morgan fingerprint density at radius 2 is 1.85 bits per heavy atom. The summed E-state index contributed by atoms with van der Waals surface area (Å²) in [5.41, 5.74) is 12.9. The minimum absolute atomic E-state index is 0.0267. The molecule has 5 N–H and O–H groups in total. The minimum Gasteiger partial charge on any atom is -0.369 e. The molecule has 0 saturated heterocycles. The van der Waals surface area contributed by atoms with Crippen LogP contribution in [0.2, 0.25) is 0 Å². The molecule has 0 aliphatic carbocycles. The number of nitrogens with one attached hydrogen (secondary N) is 1. The smallest absolute Gasteiger partial charge is 0.231 e. The molecule has 0 spiro atoms. The van der Waals surface area contributed by atoms with E-state index in [9.17, 15) is 9.59 Å². The van der Waals surface area contributed by atoms with Gasteiger partial charge in [0.1, 0.15) is 0 Å². The summed E-state index contributed by atoms with van der Waals surface area (Å²) >= 11 is 0. The predicted molar refractivity (Wildman–Crippen MR) is 75.5 cm³/mol. The number of carbonyl (C=O) groups is 2. The van der Waals surface area contributed by atoms with Crippen LogP contribution in [0.5, 0.6) is 0 Å². The van der Waals surface area contributed by atoms with Gasteiger partial charge in [0.25, 0.3) is 0 Å². The fraction of sp³-hybridized carbons (Fsp3) is 0.429. The van der Waals surface area contributed by atoms with Gasteiger partial charge in [0.05, 0.1) is 13.1 Å². The van der Waals surface area contributed by atoms with Crippen LogP contribution in [-0.4, -0.2) is 36.3 Å². The van der Waals surface area contributed by atoms with Crippen molar-refractivity contribution >= 4 is 11.8 Å². The van der Waals surface area contributed by atoms with Gasteiger partial charge in [-0.05, 0) is 24.1 Å². The van der Waals surface area contributed by atoms with Gasteiger partial charge in [-0.2, -0.15) is 0 Å². The number of benzene rings is 1. The highest BCUT2D eigenvalue weighted by atomic mass is 16.2. The predicted octanol–water partition coefficient (Wildman–Crippen LogP) is -0.506. The number of fused-ring (bicyclic) bond motifs is 1. The molecule has 0 bridgehead atoms. The topological polar surface area (TPSA) is 101 Å². The van der Waals surface area contributed by atoms with Crippen molar-refractivity contribution in [1.82, 2.24) is 10.2 Å². The molecule has 2 rings (SSSR count). The molecule has 1 aromatic carbocycles. The Hall–Kier alpha value is -1.92. The van der Waals surface area contributed by atoms with E-state index in [1.807, 2.05) is 24.3 Å². The van der Waals surface area contributed by atoms with Gasteiger partial charge in [0.15, 0.2) is 0 Å². The Balaban J connectivity index is 2.31. The standard InChI is InChI=1S/C14H20N4O2/c15-13(19)8-18(9-14(16)20)12-5-6-17-7-10-3-1-2-4-11(10)12/h1-4,12,17H,5-9H2,(H2,15,19)(H2,16,20). The average molecular weight is 276 g/mol. The van der Waals surface area contributed by atoms with Crippen LogP contribution < -0.4 is 16.8 Å². The quantitative estimate of drug-likeness (QED) is 0.674. The summed E-state index contributed by atoms with van der Waals surface area (Å²) in [6.07, 6.45) is 0.803. The van der Waals surface area contributed by atoms with Gasteiger partial charge in [-0.1, -0.05) is 24.3 Å². The molecule has 0 fully saturated rings. The molecule has 0 saturated carbocycles. The summed E-state index contributed by atoms with van der Waals surface area (Å²) in [6.45, 7) is 1.66. The van der Waals surface area contributed by atoms with Crippen molar-refractivity contribution in [2.75, 3.05) is 19.6 Å². The monoisotopic (exact) mass is 276 g/mol. The molecule has 1 atom stereocenters. The molecule has 1 aromatic rings. The highest BCUT2D eigenvalue weighted by Crippen LogP contribution is 2.28. The normalized spacial score (nSPS) is 18.4. The number of rotatable bonds is 5. The zero-order valence-corrected chi connectivity index (χ0v) is 11.3. The number of carbonyl (C=O) groups excluding carboxylic acids is 2. The summed E-state index contributed by atoms with van der Waals surface area (Å²) < 4.78 is 0. The largest absolute Gasteiger partial charge is 0.369 e. The lowest BCUT2D eigenvalue weighted by Crippen LogP contribution is -2.42. The van der Waals surface area contributed by atoms with Gasteiger partial charge in [-0.3, -0.25) is 14.5 Å². The lowest BCUT2D eigenvalue weighted by atomic mass is 9.97.